The highest BCUT2D eigenvalue weighted by molar-refractivity contribution is 7.90. The lowest BCUT2D eigenvalue weighted by Crippen LogP contribution is -2.45. The first-order valence-corrected chi connectivity index (χ1v) is 8.08. The minimum Gasteiger partial charge on any atom is -0.271 e. The van der Waals surface area contributed by atoms with Gasteiger partial charge in [-0.25, -0.2) is 4.98 Å². The summed E-state index contributed by atoms with van der Waals surface area (Å²) in [7, 11) is -3.52. The molecule has 1 aliphatic heterocycles. The van der Waals surface area contributed by atoms with Crippen LogP contribution in [0.5, 0.6) is 0 Å². The van der Waals surface area contributed by atoms with E-state index in [0.29, 0.717) is 30.6 Å². The van der Waals surface area contributed by atoms with Gasteiger partial charge in [-0.15, -0.1) is 0 Å². The van der Waals surface area contributed by atoms with Crippen LogP contribution >= 0.6 is 11.6 Å². The van der Waals surface area contributed by atoms with E-state index in [0.717, 1.165) is 6.42 Å². The van der Waals surface area contributed by atoms with Crippen molar-refractivity contribution < 1.29 is 8.42 Å². The predicted octanol–water partition coefficient (Wildman–Crippen LogP) is 2.37. The number of nitrogens with zero attached hydrogens (tertiary/aromatic N) is 2. The van der Waals surface area contributed by atoms with Crippen LogP contribution in [0.2, 0.25) is 5.15 Å². The maximum atomic E-state index is 12.3. The second-order valence-electron chi connectivity index (χ2n) is 5.24. The third-order valence-electron chi connectivity index (χ3n) is 3.15. The molecule has 1 aromatic heterocycles. The van der Waals surface area contributed by atoms with Crippen molar-refractivity contribution in [2.45, 2.75) is 20.3 Å². The van der Waals surface area contributed by atoms with Gasteiger partial charge in [-0.2, -0.15) is 12.7 Å². The lowest BCUT2D eigenvalue weighted by molar-refractivity contribution is 0.223. The number of anilines is 1. The highest BCUT2D eigenvalue weighted by atomic mass is 35.5. The minimum absolute atomic E-state index is 0.264. The molecule has 0 aromatic carbocycles. The van der Waals surface area contributed by atoms with Gasteiger partial charge in [0, 0.05) is 19.3 Å². The summed E-state index contributed by atoms with van der Waals surface area (Å²) in [4.78, 5) is 3.82. The average molecular weight is 304 g/mol. The van der Waals surface area contributed by atoms with Crippen molar-refractivity contribution in [2.75, 3.05) is 17.8 Å². The SMILES string of the molecule is CC1CC(C)CN(S(=O)(=O)Nc2ccnc(Cl)c2)C1. The van der Waals surface area contributed by atoms with Crippen molar-refractivity contribution >= 4 is 27.5 Å². The summed E-state index contributed by atoms with van der Waals surface area (Å²) in [6.45, 7) is 5.25. The first kappa shape index (κ1) is 14.6. The Hall–Kier alpha value is -0.850. The Morgan fingerprint density at radius 1 is 1.37 bits per heavy atom. The second-order valence-corrected chi connectivity index (χ2v) is 7.30. The summed E-state index contributed by atoms with van der Waals surface area (Å²) in [6.07, 6.45) is 2.54. The van der Waals surface area contributed by atoms with E-state index >= 15 is 0 Å². The molecule has 0 aliphatic carbocycles. The molecule has 7 heteroatoms. The number of aromatic nitrogens is 1. The van der Waals surface area contributed by atoms with Crippen molar-refractivity contribution in [3.8, 4) is 0 Å². The van der Waals surface area contributed by atoms with Gasteiger partial charge in [0.25, 0.3) is 0 Å². The van der Waals surface area contributed by atoms with E-state index in [9.17, 15) is 8.42 Å². The van der Waals surface area contributed by atoms with Crippen LogP contribution in [0, 0.1) is 11.8 Å². The summed E-state index contributed by atoms with van der Waals surface area (Å²) in [5.41, 5.74) is 0.436. The van der Waals surface area contributed by atoms with Crippen molar-refractivity contribution in [3.63, 3.8) is 0 Å². The van der Waals surface area contributed by atoms with Gasteiger partial charge < -0.3 is 0 Å². The molecule has 0 amide bonds. The largest absolute Gasteiger partial charge is 0.301 e. The van der Waals surface area contributed by atoms with Gasteiger partial charge in [-0.1, -0.05) is 25.4 Å². The smallest absolute Gasteiger partial charge is 0.271 e. The number of hydrogen-bond donors (Lipinski definition) is 1. The van der Waals surface area contributed by atoms with E-state index in [2.05, 4.69) is 23.6 Å². The van der Waals surface area contributed by atoms with Crippen LogP contribution in [-0.4, -0.2) is 30.8 Å². The monoisotopic (exact) mass is 303 g/mol. The number of pyridine rings is 1. The molecule has 106 valence electrons. The molecular weight excluding hydrogens is 286 g/mol. The fraction of sp³-hybridized carbons (Fsp3) is 0.583. The highest BCUT2D eigenvalue weighted by Crippen LogP contribution is 2.24. The summed E-state index contributed by atoms with van der Waals surface area (Å²) in [5, 5.41) is 0.264. The van der Waals surface area contributed by atoms with Crippen LogP contribution in [0.4, 0.5) is 5.69 Å². The minimum atomic E-state index is -3.52. The predicted molar refractivity (Wildman–Crippen MR) is 76.3 cm³/mol. The molecule has 1 fully saturated rings. The summed E-state index contributed by atoms with van der Waals surface area (Å²) in [6, 6.07) is 3.08. The van der Waals surface area contributed by atoms with E-state index in [1.165, 1.54) is 16.6 Å². The molecule has 0 bridgehead atoms. The zero-order valence-electron chi connectivity index (χ0n) is 11.0. The van der Waals surface area contributed by atoms with Gasteiger partial charge >= 0.3 is 10.2 Å². The standard InChI is InChI=1S/C12H18ClN3O2S/c1-9-5-10(2)8-16(7-9)19(17,18)15-11-3-4-14-12(13)6-11/h3-4,6,9-10H,5,7-8H2,1-2H3,(H,14,15). The van der Waals surface area contributed by atoms with E-state index in [1.807, 2.05) is 0 Å². The van der Waals surface area contributed by atoms with Crippen molar-refractivity contribution in [1.82, 2.24) is 9.29 Å². The molecule has 2 unspecified atom stereocenters. The molecule has 1 aliphatic rings. The Morgan fingerprint density at radius 3 is 2.58 bits per heavy atom. The molecule has 2 heterocycles. The lowest BCUT2D eigenvalue weighted by Gasteiger charge is -2.34. The number of nitrogens with one attached hydrogen (secondary N) is 1. The highest BCUT2D eigenvalue weighted by Gasteiger charge is 2.30. The Balaban J connectivity index is 2.14. The molecule has 0 radical (unpaired) electrons. The Bertz CT molecular complexity index is 540. The quantitative estimate of drug-likeness (QED) is 0.872. The second kappa shape index (κ2) is 5.64. The van der Waals surface area contributed by atoms with E-state index < -0.39 is 10.2 Å². The van der Waals surface area contributed by atoms with Crippen LogP contribution in [0.15, 0.2) is 18.3 Å². The lowest BCUT2D eigenvalue weighted by atomic mass is 9.94. The maximum Gasteiger partial charge on any atom is 0.301 e. The molecule has 1 N–H and O–H groups in total. The molecule has 19 heavy (non-hydrogen) atoms. The van der Waals surface area contributed by atoms with E-state index in [-0.39, 0.29) is 5.15 Å². The number of halogens is 1. The summed E-state index contributed by atoms with van der Waals surface area (Å²) >= 11 is 5.75. The number of piperidine rings is 1. The Morgan fingerprint density at radius 2 is 2.00 bits per heavy atom. The Kier molecular flexibility index (Phi) is 4.32. The third kappa shape index (κ3) is 3.81. The average Bonchev–Trinajstić information content (AvgIpc) is 2.26. The molecule has 1 saturated heterocycles. The van der Waals surface area contributed by atoms with Crippen molar-refractivity contribution in [1.29, 1.82) is 0 Å². The first-order chi connectivity index (χ1) is 8.87. The third-order valence-corrected chi connectivity index (χ3v) is 4.83. The molecule has 2 atom stereocenters. The normalized spacial score (nSPS) is 25.2. The first-order valence-electron chi connectivity index (χ1n) is 6.26. The van der Waals surface area contributed by atoms with E-state index in [4.69, 9.17) is 11.6 Å². The summed E-state index contributed by atoms with van der Waals surface area (Å²) in [5.74, 6) is 0.753. The van der Waals surface area contributed by atoms with Gasteiger partial charge in [0.2, 0.25) is 0 Å². The zero-order valence-corrected chi connectivity index (χ0v) is 12.6. The fourth-order valence-electron chi connectivity index (χ4n) is 2.48. The van der Waals surface area contributed by atoms with Crippen LogP contribution in [-0.2, 0) is 10.2 Å². The van der Waals surface area contributed by atoms with Gasteiger partial charge in [-0.3, -0.25) is 4.72 Å². The zero-order chi connectivity index (χ0) is 14.0. The fourth-order valence-corrected chi connectivity index (χ4v) is 4.11. The molecule has 0 saturated carbocycles. The number of rotatable bonds is 3. The van der Waals surface area contributed by atoms with E-state index in [1.54, 1.807) is 6.07 Å². The van der Waals surface area contributed by atoms with Crippen molar-refractivity contribution in [3.05, 3.63) is 23.5 Å². The van der Waals surface area contributed by atoms with Gasteiger partial charge in [0.1, 0.15) is 5.15 Å². The molecule has 0 spiro atoms. The molecule has 1 aromatic rings. The van der Waals surface area contributed by atoms with Crippen LogP contribution in [0.25, 0.3) is 0 Å². The maximum absolute atomic E-state index is 12.3. The number of hydrogen-bond acceptors (Lipinski definition) is 3. The molecular formula is C12H18ClN3O2S. The topological polar surface area (TPSA) is 62.3 Å². The van der Waals surface area contributed by atoms with Crippen LogP contribution in [0.3, 0.4) is 0 Å². The molecule has 2 rings (SSSR count). The van der Waals surface area contributed by atoms with Gasteiger partial charge in [-0.05, 0) is 30.4 Å². The van der Waals surface area contributed by atoms with Crippen molar-refractivity contribution in [2.24, 2.45) is 11.8 Å². The Labute approximate surface area is 119 Å². The van der Waals surface area contributed by atoms with Crippen LogP contribution < -0.4 is 4.72 Å². The van der Waals surface area contributed by atoms with Gasteiger partial charge in [0.05, 0.1) is 5.69 Å². The molecule has 5 nitrogen and oxygen atoms in total. The van der Waals surface area contributed by atoms with Crippen LogP contribution in [0.1, 0.15) is 20.3 Å². The summed E-state index contributed by atoms with van der Waals surface area (Å²) < 4.78 is 28.7. The van der Waals surface area contributed by atoms with Gasteiger partial charge in [0.15, 0.2) is 0 Å².